The molecule has 0 aliphatic rings. The molecule has 17 heavy (non-hydrogen) atoms. The van der Waals surface area contributed by atoms with Crippen molar-refractivity contribution in [2.24, 2.45) is 0 Å². The van der Waals surface area contributed by atoms with Crippen molar-refractivity contribution in [2.45, 2.75) is 0 Å². The summed E-state index contributed by atoms with van der Waals surface area (Å²) in [7, 11) is 1.58. The fraction of sp³-hybridized carbons (Fsp3) is 0.0909. The molecule has 0 aliphatic carbocycles. The lowest BCUT2D eigenvalue weighted by molar-refractivity contribution is 0.416. The zero-order valence-electron chi connectivity index (χ0n) is 8.70. The maximum atomic E-state index is 8.89. The topological polar surface area (TPSA) is 45.9 Å². The van der Waals surface area contributed by atoms with Gasteiger partial charge in [-0.3, -0.25) is 0 Å². The number of halogens is 2. The first-order chi connectivity index (χ1) is 8.15. The fourth-order valence-electron chi connectivity index (χ4n) is 1.33. The first-order valence-electron chi connectivity index (χ1n) is 4.56. The van der Waals surface area contributed by atoms with Gasteiger partial charge in [-0.05, 0) is 34.1 Å². The van der Waals surface area contributed by atoms with E-state index in [1.54, 1.807) is 25.3 Å². The highest BCUT2D eigenvalue weighted by molar-refractivity contribution is 9.10. The minimum Gasteiger partial charge on any atom is -0.496 e. The molecule has 1 aromatic carbocycles. The molecule has 2 rings (SSSR count). The van der Waals surface area contributed by atoms with Gasteiger partial charge in [0.15, 0.2) is 0 Å². The fourth-order valence-corrected chi connectivity index (χ4v) is 2.91. The van der Waals surface area contributed by atoms with Gasteiger partial charge in [0.05, 0.1) is 12.7 Å². The Morgan fingerprint density at radius 3 is 2.88 bits per heavy atom. The molecule has 0 radical (unpaired) electrons. The summed E-state index contributed by atoms with van der Waals surface area (Å²) in [5.41, 5.74) is 0.784. The maximum Gasteiger partial charge on any atom is 0.139 e. The van der Waals surface area contributed by atoms with Crippen LogP contribution in [0.2, 0.25) is 5.02 Å². The van der Waals surface area contributed by atoms with Crippen LogP contribution in [-0.2, 0) is 0 Å². The van der Waals surface area contributed by atoms with Crippen molar-refractivity contribution in [3.8, 4) is 22.4 Å². The smallest absolute Gasteiger partial charge is 0.139 e. The summed E-state index contributed by atoms with van der Waals surface area (Å²) in [5, 5.41) is 10.2. The van der Waals surface area contributed by atoms with Gasteiger partial charge >= 0.3 is 0 Å². The molecule has 2 aromatic rings. The zero-order valence-corrected chi connectivity index (χ0v) is 11.9. The van der Waals surface area contributed by atoms with Crippen LogP contribution in [0.15, 0.2) is 22.8 Å². The molecule has 3 nitrogen and oxygen atoms in total. The van der Waals surface area contributed by atoms with E-state index < -0.39 is 0 Å². The lowest BCUT2D eigenvalue weighted by atomic mass is 10.2. The minimum absolute atomic E-state index is 0.530. The van der Waals surface area contributed by atoms with E-state index in [0.717, 1.165) is 5.56 Å². The second kappa shape index (κ2) is 5.05. The number of ether oxygens (including phenoxy) is 1. The Kier molecular flexibility index (Phi) is 3.67. The van der Waals surface area contributed by atoms with Crippen LogP contribution < -0.4 is 4.74 Å². The van der Waals surface area contributed by atoms with Gasteiger partial charge in [0.1, 0.15) is 26.3 Å². The zero-order chi connectivity index (χ0) is 12.4. The number of hydrogen-bond acceptors (Lipinski definition) is 4. The summed E-state index contributed by atoms with van der Waals surface area (Å²) in [6.07, 6.45) is 0. The number of benzene rings is 1. The lowest BCUT2D eigenvalue weighted by Gasteiger charge is -2.05. The average molecular weight is 330 g/mol. The molecule has 0 unspecified atom stereocenters. The van der Waals surface area contributed by atoms with Crippen molar-refractivity contribution in [2.75, 3.05) is 7.11 Å². The summed E-state index contributed by atoms with van der Waals surface area (Å²) in [6, 6.07) is 7.37. The Labute approximate surface area is 116 Å². The van der Waals surface area contributed by atoms with Crippen LogP contribution in [0.1, 0.15) is 4.88 Å². The molecule has 0 bridgehead atoms. The lowest BCUT2D eigenvalue weighted by Crippen LogP contribution is -1.87. The molecule has 1 heterocycles. The number of hydrogen-bond donors (Lipinski definition) is 0. The van der Waals surface area contributed by atoms with Crippen molar-refractivity contribution in [3.05, 3.63) is 32.7 Å². The third kappa shape index (κ3) is 2.44. The van der Waals surface area contributed by atoms with Crippen LogP contribution in [0.4, 0.5) is 0 Å². The van der Waals surface area contributed by atoms with Crippen LogP contribution in [0.25, 0.3) is 10.6 Å². The van der Waals surface area contributed by atoms with E-state index in [4.69, 9.17) is 21.6 Å². The molecule has 0 saturated heterocycles. The molecule has 0 N–H and O–H groups in total. The largest absolute Gasteiger partial charge is 0.496 e. The van der Waals surface area contributed by atoms with Crippen LogP contribution >= 0.6 is 38.9 Å². The SMILES string of the molecule is COc1ccc(Cl)cc1-c1nc(Br)c(C#N)s1. The van der Waals surface area contributed by atoms with Crippen molar-refractivity contribution in [3.63, 3.8) is 0 Å². The Balaban J connectivity index is 2.59. The third-order valence-corrected chi connectivity index (χ3v) is 4.14. The molecule has 0 amide bonds. The van der Waals surface area contributed by atoms with E-state index in [1.807, 2.05) is 0 Å². The van der Waals surface area contributed by atoms with Gasteiger partial charge in [-0.25, -0.2) is 4.98 Å². The Morgan fingerprint density at radius 2 is 2.29 bits per heavy atom. The van der Waals surface area contributed by atoms with Crippen molar-refractivity contribution in [1.82, 2.24) is 4.98 Å². The van der Waals surface area contributed by atoms with Crippen LogP contribution in [0.3, 0.4) is 0 Å². The van der Waals surface area contributed by atoms with E-state index in [-0.39, 0.29) is 0 Å². The Morgan fingerprint density at radius 1 is 1.53 bits per heavy atom. The summed E-state index contributed by atoms with van der Waals surface area (Å²) in [6.45, 7) is 0. The number of nitriles is 1. The number of methoxy groups -OCH3 is 1. The first kappa shape index (κ1) is 12.4. The number of aromatic nitrogens is 1. The van der Waals surface area contributed by atoms with E-state index in [2.05, 4.69) is 27.0 Å². The van der Waals surface area contributed by atoms with Crippen LogP contribution in [0.5, 0.6) is 5.75 Å². The molecule has 1 aromatic heterocycles. The minimum atomic E-state index is 0.530. The summed E-state index contributed by atoms with van der Waals surface area (Å²) in [5.74, 6) is 0.681. The molecule has 0 fully saturated rings. The van der Waals surface area contributed by atoms with Gasteiger partial charge in [-0.2, -0.15) is 5.26 Å². The summed E-state index contributed by atoms with van der Waals surface area (Å²) >= 11 is 10.5. The average Bonchev–Trinajstić information content (AvgIpc) is 2.70. The molecule has 0 saturated carbocycles. The van der Waals surface area contributed by atoms with Crippen molar-refractivity contribution in [1.29, 1.82) is 5.26 Å². The molecular weight excluding hydrogens is 324 g/mol. The Bertz CT molecular complexity index is 606. The predicted octanol–water partition coefficient (Wildman–Crippen LogP) is 4.11. The molecule has 0 aliphatic heterocycles. The highest BCUT2D eigenvalue weighted by Crippen LogP contribution is 2.37. The second-order valence-corrected chi connectivity index (χ2v) is 5.28. The van der Waals surface area contributed by atoms with Crippen molar-refractivity contribution >= 4 is 38.9 Å². The molecule has 86 valence electrons. The second-order valence-electron chi connectivity index (χ2n) is 3.10. The van der Waals surface area contributed by atoms with Gasteiger partial charge in [-0.15, -0.1) is 11.3 Å². The highest BCUT2D eigenvalue weighted by atomic mass is 79.9. The third-order valence-electron chi connectivity index (χ3n) is 2.08. The van der Waals surface area contributed by atoms with E-state index in [0.29, 0.717) is 25.3 Å². The summed E-state index contributed by atoms with van der Waals surface area (Å²) in [4.78, 5) is 4.81. The number of nitrogens with zero attached hydrogens (tertiary/aromatic N) is 2. The predicted molar refractivity (Wildman–Crippen MR) is 71.5 cm³/mol. The number of rotatable bonds is 2. The quantitative estimate of drug-likeness (QED) is 0.833. The highest BCUT2D eigenvalue weighted by Gasteiger charge is 2.14. The van der Waals surface area contributed by atoms with E-state index in [9.17, 15) is 0 Å². The molecular formula is C11H6BrClN2OS. The standard InChI is InChI=1S/C11H6BrClN2OS/c1-16-8-3-2-6(13)4-7(8)11-15-10(12)9(5-14)17-11/h2-4H,1H3. The summed E-state index contributed by atoms with van der Waals surface area (Å²) < 4.78 is 5.79. The van der Waals surface area contributed by atoms with Gasteiger partial charge in [0.25, 0.3) is 0 Å². The Hall–Kier alpha value is -1.09. The van der Waals surface area contributed by atoms with Crippen LogP contribution in [0, 0.1) is 11.3 Å². The van der Waals surface area contributed by atoms with Gasteiger partial charge in [-0.1, -0.05) is 11.6 Å². The first-order valence-corrected chi connectivity index (χ1v) is 6.54. The molecule has 0 atom stereocenters. The monoisotopic (exact) mass is 328 g/mol. The molecule has 0 spiro atoms. The van der Waals surface area contributed by atoms with Crippen LogP contribution in [-0.4, -0.2) is 12.1 Å². The number of thiazole rings is 1. The molecule has 6 heteroatoms. The van der Waals surface area contributed by atoms with Gasteiger partial charge < -0.3 is 4.74 Å². The van der Waals surface area contributed by atoms with Gasteiger partial charge in [0.2, 0.25) is 0 Å². The normalized spacial score (nSPS) is 10.0. The maximum absolute atomic E-state index is 8.89. The van der Waals surface area contributed by atoms with E-state index in [1.165, 1.54) is 11.3 Å². The van der Waals surface area contributed by atoms with Crippen molar-refractivity contribution < 1.29 is 4.74 Å². The van der Waals surface area contributed by atoms with E-state index >= 15 is 0 Å². The van der Waals surface area contributed by atoms with Gasteiger partial charge in [0, 0.05) is 5.02 Å².